The molecule has 1 aliphatic carbocycles. The maximum absolute atomic E-state index is 5.37. The zero-order chi connectivity index (χ0) is 15.9. The van der Waals surface area contributed by atoms with Crippen LogP contribution in [0.2, 0.25) is 0 Å². The number of benzene rings is 1. The van der Waals surface area contributed by atoms with Gasteiger partial charge in [0.1, 0.15) is 5.76 Å². The summed E-state index contributed by atoms with van der Waals surface area (Å²) in [4.78, 5) is 4.73. The average Bonchev–Trinajstić information content (AvgIpc) is 3.27. The summed E-state index contributed by atoms with van der Waals surface area (Å²) in [5.74, 6) is 2.67. The summed E-state index contributed by atoms with van der Waals surface area (Å²) >= 11 is 0. The summed E-state index contributed by atoms with van der Waals surface area (Å²) in [7, 11) is 0. The fraction of sp³-hybridized carbons (Fsp3) is 0.421. The Labute approximate surface area is 138 Å². The SMILES string of the molecule is CC(NC(=NCC1CC1)NCCc1ccco1)c1ccccc1. The maximum atomic E-state index is 5.37. The van der Waals surface area contributed by atoms with Gasteiger partial charge in [0.25, 0.3) is 0 Å². The fourth-order valence-electron chi connectivity index (χ4n) is 2.46. The minimum atomic E-state index is 0.227. The number of hydrogen-bond acceptors (Lipinski definition) is 2. The third-order valence-electron chi connectivity index (χ3n) is 4.10. The average molecular weight is 311 g/mol. The van der Waals surface area contributed by atoms with Gasteiger partial charge in [-0.2, -0.15) is 0 Å². The molecule has 2 aromatic rings. The molecule has 3 rings (SSSR count). The van der Waals surface area contributed by atoms with Crippen molar-refractivity contribution < 1.29 is 4.42 Å². The number of rotatable bonds is 7. The lowest BCUT2D eigenvalue weighted by Gasteiger charge is -2.18. The highest BCUT2D eigenvalue weighted by Gasteiger charge is 2.21. The van der Waals surface area contributed by atoms with Gasteiger partial charge in [-0.05, 0) is 43.4 Å². The molecule has 2 N–H and O–H groups in total. The van der Waals surface area contributed by atoms with E-state index >= 15 is 0 Å². The molecular weight excluding hydrogens is 286 g/mol. The third kappa shape index (κ3) is 5.16. The molecule has 1 unspecified atom stereocenters. The Bertz CT molecular complexity index is 603. The van der Waals surface area contributed by atoms with E-state index in [1.165, 1.54) is 18.4 Å². The predicted octanol–water partition coefficient (Wildman–Crippen LogP) is 3.53. The van der Waals surface area contributed by atoms with Crippen LogP contribution in [0.4, 0.5) is 0 Å². The molecule has 1 aromatic heterocycles. The Morgan fingerprint density at radius 1 is 1.22 bits per heavy atom. The Hall–Kier alpha value is -2.23. The van der Waals surface area contributed by atoms with Crippen LogP contribution in [0.1, 0.15) is 37.1 Å². The van der Waals surface area contributed by atoms with Crippen molar-refractivity contribution in [2.45, 2.75) is 32.2 Å². The molecule has 4 heteroatoms. The first-order valence-corrected chi connectivity index (χ1v) is 8.43. The van der Waals surface area contributed by atoms with Crippen molar-refractivity contribution in [3.05, 3.63) is 60.1 Å². The highest BCUT2D eigenvalue weighted by Crippen LogP contribution is 2.28. The first-order valence-electron chi connectivity index (χ1n) is 8.43. The van der Waals surface area contributed by atoms with Gasteiger partial charge in [-0.15, -0.1) is 0 Å². The molecule has 0 radical (unpaired) electrons. The maximum Gasteiger partial charge on any atom is 0.191 e. The lowest BCUT2D eigenvalue weighted by molar-refractivity contribution is 0.506. The van der Waals surface area contributed by atoms with Crippen LogP contribution in [0, 0.1) is 5.92 Å². The van der Waals surface area contributed by atoms with Crippen LogP contribution < -0.4 is 10.6 Å². The van der Waals surface area contributed by atoms with Crippen molar-refractivity contribution in [3.8, 4) is 0 Å². The standard InChI is InChI=1S/C19H25N3O/c1-15(17-6-3-2-4-7-17)22-19(21-14-16-9-10-16)20-12-11-18-8-5-13-23-18/h2-8,13,15-16H,9-12,14H2,1H3,(H2,20,21,22). The number of nitrogens with zero attached hydrogens (tertiary/aromatic N) is 1. The van der Waals surface area contributed by atoms with Crippen LogP contribution in [-0.2, 0) is 6.42 Å². The van der Waals surface area contributed by atoms with E-state index in [-0.39, 0.29) is 6.04 Å². The lowest BCUT2D eigenvalue weighted by atomic mass is 10.1. The number of hydrogen-bond donors (Lipinski definition) is 2. The van der Waals surface area contributed by atoms with Gasteiger partial charge in [0, 0.05) is 19.5 Å². The summed E-state index contributed by atoms with van der Waals surface area (Å²) in [6.07, 6.45) is 5.21. The van der Waals surface area contributed by atoms with E-state index in [2.05, 4.69) is 41.8 Å². The Kier molecular flexibility index (Phi) is 5.35. The molecule has 1 atom stereocenters. The largest absolute Gasteiger partial charge is 0.469 e. The first kappa shape index (κ1) is 15.7. The number of furan rings is 1. The Morgan fingerprint density at radius 3 is 2.74 bits per heavy atom. The molecule has 4 nitrogen and oxygen atoms in total. The van der Waals surface area contributed by atoms with E-state index < -0.39 is 0 Å². The van der Waals surface area contributed by atoms with Gasteiger partial charge in [0.2, 0.25) is 0 Å². The highest BCUT2D eigenvalue weighted by molar-refractivity contribution is 5.80. The summed E-state index contributed by atoms with van der Waals surface area (Å²) in [6, 6.07) is 14.6. The topological polar surface area (TPSA) is 49.6 Å². The Morgan fingerprint density at radius 2 is 2.04 bits per heavy atom. The number of aliphatic imine (C=N–C) groups is 1. The monoisotopic (exact) mass is 311 g/mol. The summed E-state index contributed by atoms with van der Waals surface area (Å²) < 4.78 is 5.37. The predicted molar refractivity (Wildman–Crippen MR) is 93.4 cm³/mol. The van der Waals surface area contributed by atoms with Crippen LogP contribution in [0.15, 0.2) is 58.1 Å². The molecule has 23 heavy (non-hydrogen) atoms. The van der Waals surface area contributed by atoms with Crippen molar-refractivity contribution in [2.24, 2.45) is 10.9 Å². The second-order valence-electron chi connectivity index (χ2n) is 6.17. The summed E-state index contributed by atoms with van der Waals surface area (Å²) in [6.45, 7) is 3.89. The van der Waals surface area contributed by atoms with Gasteiger partial charge < -0.3 is 15.1 Å². The molecule has 1 aliphatic rings. The molecule has 122 valence electrons. The van der Waals surface area contributed by atoms with Crippen LogP contribution in [-0.4, -0.2) is 19.0 Å². The molecule has 0 bridgehead atoms. The number of nitrogens with one attached hydrogen (secondary N) is 2. The van der Waals surface area contributed by atoms with Crippen molar-refractivity contribution in [3.63, 3.8) is 0 Å². The molecule has 1 fully saturated rings. The molecule has 1 aromatic carbocycles. The van der Waals surface area contributed by atoms with E-state index in [9.17, 15) is 0 Å². The van der Waals surface area contributed by atoms with Gasteiger partial charge in [0.05, 0.1) is 12.3 Å². The summed E-state index contributed by atoms with van der Waals surface area (Å²) in [5, 5.41) is 6.93. The number of guanidine groups is 1. The van der Waals surface area contributed by atoms with E-state index in [0.29, 0.717) is 0 Å². The van der Waals surface area contributed by atoms with Gasteiger partial charge >= 0.3 is 0 Å². The normalized spacial score (nSPS) is 16.1. The smallest absolute Gasteiger partial charge is 0.191 e. The molecule has 1 heterocycles. The van der Waals surface area contributed by atoms with E-state index in [0.717, 1.165) is 37.1 Å². The molecule has 0 saturated heterocycles. The minimum Gasteiger partial charge on any atom is -0.469 e. The van der Waals surface area contributed by atoms with Crippen molar-refractivity contribution >= 4 is 5.96 Å². The molecule has 0 amide bonds. The van der Waals surface area contributed by atoms with Crippen LogP contribution in [0.5, 0.6) is 0 Å². The second-order valence-corrected chi connectivity index (χ2v) is 6.17. The minimum absolute atomic E-state index is 0.227. The molecule has 0 spiro atoms. The lowest BCUT2D eigenvalue weighted by Crippen LogP contribution is -2.40. The zero-order valence-corrected chi connectivity index (χ0v) is 13.7. The van der Waals surface area contributed by atoms with Gasteiger partial charge in [-0.25, -0.2) is 0 Å². The van der Waals surface area contributed by atoms with Gasteiger partial charge in [0.15, 0.2) is 5.96 Å². The fourth-order valence-corrected chi connectivity index (χ4v) is 2.46. The third-order valence-corrected chi connectivity index (χ3v) is 4.10. The van der Waals surface area contributed by atoms with Gasteiger partial charge in [-0.3, -0.25) is 4.99 Å². The van der Waals surface area contributed by atoms with Gasteiger partial charge in [-0.1, -0.05) is 30.3 Å². The zero-order valence-electron chi connectivity index (χ0n) is 13.7. The molecular formula is C19H25N3O. The van der Waals surface area contributed by atoms with E-state index in [1.54, 1.807) is 6.26 Å². The van der Waals surface area contributed by atoms with Crippen molar-refractivity contribution in [1.29, 1.82) is 0 Å². The molecule has 0 aliphatic heterocycles. The van der Waals surface area contributed by atoms with Crippen LogP contribution in [0.25, 0.3) is 0 Å². The molecule has 1 saturated carbocycles. The van der Waals surface area contributed by atoms with E-state index in [4.69, 9.17) is 9.41 Å². The highest BCUT2D eigenvalue weighted by atomic mass is 16.3. The summed E-state index contributed by atoms with van der Waals surface area (Å²) in [5.41, 5.74) is 1.26. The van der Waals surface area contributed by atoms with Crippen LogP contribution >= 0.6 is 0 Å². The first-order chi connectivity index (χ1) is 11.3. The quantitative estimate of drug-likeness (QED) is 0.607. The second kappa shape index (κ2) is 7.86. The van der Waals surface area contributed by atoms with Crippen molar-refractivity contribution in [1.82, 2.24) is 10.6 Å². The van der Waals surface area contributed by atoms with E-state index in [1.807, 2.05) is 18.2 Å². The van der Waals surface area contributed by atoms with Crippen molar-refractivity contribution in [2.75, 3.05) is 13.1 Å². The Balaban J connectivity index is 1.55. The van der Waals surface area contributed by atoms with Crippen LogP contribution in [0.3, 0.4) is 0 Å².